The third-order valence-corrected chi connectivity index (χ3v) is 2.76. The van der Waals surface area contributed by atoms with E-state index in [1.54, 1.807) is 31.2 Å². The molecule has 2 aromatic carbocycles. The smallest absolute Gasteiger partial charge is 0.298 e. The van der Waals surface area contributed by atoms with Crippen molar-refractivity contribution in [3.05, 3.63) is 59.2 Å². The lowest BCUT2D eigenvalue weighted by atomic mass is 9.99. The number of alkyl halides is 3. The Morgan fingerprint density at radius 1 is 1.00 bits per heavy atom. The van der Waals surface area contributed by atoms with Crippen molar-refractivity contribution >= 4 is 6.29 Å². The highest BCUT2D eigenvalue weighted by Crippen LogP contribution is 2.32. The van der Waals surface area contributed by atoms with Crippen LogP contribution in [0.5, 0.6) is 0 Å². The molecule has 2 aromatic rings. The Morgan fingerprint density at radius 3 is 2.37 bits per heavy atom. The first-order valence-corrected chi connectivity index (χ1v) is 5.64. The van der Waals surface area contributed by atoms with Gasteiger partial charge in [0.05, 0.1) is 5.56 Å². The van der Waals surface area contributed by atoms with Gasteiger partial charge in [-0.15, -0.1) is 0 Å². The molecule has 0 aliphatic carbocycles. The van der Waals surface area contributed by atoms with E-state index in [0.717, 1.165) is 17.7 Å². The number of halogens is 3. The zero-order valence-corrected chi connectivity index (χ0v) is 10.2. The predicted molar refractivity (Wildman–Crippen MR) is 67.0 cm³/mol. The molecule has 0 spiro atoms. The van der Waals surface area contributed by atoms with Gasteiger partial charge in [-0.25, -0.2) is 0 Å². The molecular weight excluding hydrogens is 253 g/mol. The summed E-state index contributed by atoms with van der Waals surface area (Å²) in [5.74, 6) is 0. The standard InChI is InChI=1S/C15H11F3O/c1-10-5-11(9-19)7-13(6-10)12-3-2-4-14(8-12)15(16,17)18/h2-9H,1H3. The fourth-order valence-corrected chi connectivity index (χ4v) is 1.92. The highest BCUT2D eigenvalue weighted by molar-refractivity contribution is 5.79. The number of rotatable bonds is 2. The molecule has 0 aromatic heterocycles. The number of benzene rings is 2. The van der Waals surface area contributed by atoms with Crippen LogP contribution >= 0.6 is 0 Å². The van der Waals surface area contributed by atoms with Crippen molar-refractivity contribution < 1.29 is 18.0 Å². The summed E-state index contributed by atoms with van der Waals surface area (Å²) in [7, 11) is 0. The van der Waals surface area contributed by atoms with E-state index in [9.17, 15) is 18.0 Å². The van der Waals surface area contributed by atoms with Crippen LogP contribution in [0, 0.1) is 6.92 Å². The van der Waals surface area contributed by atoms with E-state index in [1.165, 1.54) is 6.07 Å². The number of carbonyl (C=O) groups is 1. The second-order valence-electron chi connectivity index (χ2n) is 4.33. The van der Waals surface area contributed by atoms with Crippen molar-refractivity contribution in [1.29, 1.82) is 0 Å². The van der Waals surface area contributed by atoms with Crippen molar-refractivity contribution in [2.24, 2.45) is 0 Å². The van der Waals surface area contributed by atoms with Crippen molar-refractivity contribution in [2.45, 2.75) is 13.1 Å². The van der Waals surface area contributed by atoms with Gasteiger partial charge in [-0.2, -0.15) is 13.2 Å². The summed E-state index contributed by atoms with van der Waals surface area (Å²) < 4.78 is 38.0. The summed E-state index contributed by atoms with van der Waals surface area (Å²) in [6.07, 6.45) is -3.68. The van der Waals surface area contributed by atoms with Crippen LogP contribution in [-0.4, -0.2) is 6.29 Å². The molecular formula is C15H11F3O. The fraction of sp³-hybridized carbons (Fsp3) is 0.133. The molecule has 19 heavy (non-hydrogen) atoms. The van der Waals surface area contributed by atoms with Crippen LogP contribution in [0.2, 0.25) is 0 Å². The molecule has 0 atom stereocenters. The summed E-state index contributed by atoms with van der Waals surface area (Å²) >= 11 is 0. The number of hydrogen-bond donors (Lipinski definition) is 0. The van der Waals surface area contributed by atoms with E-state index in [4.69, 9.17) is 0 Å². The molecule has 0 fully saturated rings. The fourth-order valence-electron chi connectivity index (χ4n) is 1.92. The maximum atomic E-state index is 12.7. The molecule has 0 radical (unpaired) electrons. The van der Waals surface area contributed by atoms with Crippen LogP contribution in [0.15, 0.2) is 42.5 Å². The van der Waals surface area contributed by atoms with Crippen molar-refractivity contribution in [3.63, 3.8) is 0 Å². The van der Waals surface area contributed by atoms with Gasteiger partial charge in [0.1, 0.15) is 6.29 Å². The summed E-state index contributed by atoms with van der Waals surface area (Å²) in [6, 6.07) is 10.1. The Hall–Kier alpha value is -2.10. The Balaban J connectivity index is 2.53. The maximum absolute atomic E-state index is 12.7. The van der Waals surface area contributed by atoms with Gasteiger partial charge in [-0.3, -0.25) is 4.79 Å². The van der Waals surface area contributed by atoms with E-state index in [2.05, 4.69) is 0 Å². The van der Waals surface area contributed by atoms with E-state index in [0.29, 0.717) is 23.0 Å². The van der Waals surface area contributed by atoms with Crippen LogP contribution < -0.4 is 0 Å². The molecule has 0 N–H and O–H groups in total. The lowest BCUT2D eigenvalue weighted by Crippen LogP contribution is -2.04. The number of carbonyl (C=O) groups excluding carboxylic acids is 1. The molecule has 0 saturated heterocycles. The topological polar surface area (TPSA) is 17.1 Å². The summed E-state index contributed by atoms with van der Waals surface area (Å²) in [5.41, 5.74) is 1.64. The second kappa shape index (κ2) is 4.88. The third kappa shape index (κ3) is 3.02. The summed E-state index contributed by atoms with van der Waals surface area (Å²) in [5, 5.41) is 0. The molecule has 2 rings (SSSR count). The average Bonchev–Trinajstić information content (AvgIpc) is 2.37. The van der Waals surface area contributed by atoms with Crippen molar-refractivity contribution in [2.75, 3.05) is 0 Å². The first-order valence-electron chi connectivity index (χ1n) is 5.64. The Morgan fingerprint density at radius 2 is 1.74 bits per heavy atom. The molecule has 0 heterocycles. The Labute approximate surface area is 108 Å². The normalized spacial score (nSPS) is 11.4. The zero-order chi connectivity index (χ0) is 14.0. The largest absolute Gasteiger partial charge is 0.416 e. The van der Waals surface area contributed by atoms with Crippen LogP contribution in [0.4, 0.5) is 13.2 Å². The molecule has 1 nitrogen and oxygen atoms in total. The van der Waals surface area contributed by atoms with Gasteiger partial charge >= 0.3 is 6.18 Å². The SMILES string of the molecule is Cc1cc(C=O)cc(-c2cccc(C(F)(F)F)c2)c1. The predicted octanol–water partition coefficient (Wildman–Crippen LogP) is 4.49. The van der Waals surface area contributed by atoms with Crippen LogP contribution in [0.3, 0.4) is 0 Å². The van der Waals surface area contributed by atoms with E-state index >= 15 is 0 Å². The van der Waals surface area contributed by atoms with Crippen LogP contribution in [0.25, 0.3) is 11.1 Å². The van der Waals surface area contributed by atoms with Crippen LogP contribution in [-0.2, 0) is 6.18 Å². The van der Waals surface area contributed by atoms with Crippen LogP contribution in [0.1, 0.15) is 21.5 Å². The Kier molecular flexibility index (Phi) is 3.42. The average molecular weight is 264 g/mol. The summed E-state index contributed by atoms with van der Waals surface area (Å²) in [6.45, 7) is 1.80. The number of aryl methyl sites for hydroxylation is 1. The molecule has 0 saturated carbocycles. The lowest BCUT2D eigenvalue weighted by molar-refractivity contribution is -0.137. The molecule has 0 amide bonds. The molecule has 0 unspecified atom stereocenters. The highest BCUT2D eigenvalue weighted by Gasteiger charge is 2.30. The van der Waals surface area contributed by atoms with Gasteiger partial charge in [0.25, 0.3) is 0 Å². The number of aldehydes is 1. The van der Waals surface area contributed by atoms with Gasteiger partial charge in [0, 0.05) is 5.56 Å². The van der Waals surface area contributed by atoms with E-state index in [1.807, 2.05) is 0 Å². The minimum Gasteiger partial charge on any atom is -0.298 e. The molecule has 0 bridgehead atoms. The first kappa shape index (κ1) is 13.3. The highest BCUT2D eigenvalue weighted by atomic mass is 19.4. The molecule has 4 heteroatoms. The van der Waals surface area contributed by atoms with Gasteiger partial charge in [-0.1, -0.05) is 18.2 Å². The van der Waals surface area contributed by atoms with E-state index in [-0.39, 0.29) is 0 Å². The second-order valence-corrected chi connectivity index (χ2v) is 4.33. The van der Waals surface area contributed by atoms with E-state index < -0.39 is 11.7 Å². The van der Waals surface area contributed by atoms with Gasteiger partial charge in [0.2, 0.25) is 0 Å². The Bertz CT molecular complexity index is 615. The molecule has 98 valence electrons. The molecule has 0 aliphatic rings. The van der Waals surface area contributed by atoms with Crippen molar-refractivity contribution in [1.82, 2.24) is 0 Å². The molecule has 0 aliphatic heterocycles. The van der Waals surface area contributed by atoms with Gasteiger partial charge in [0.15, 0.2) is 0 Å². The monoisotopic (exact) mass is 264 g/mol. The third-order valence-electron chi connectivity index (χ3n) is 2.76. The quantitative estimate of drug-likeness (QED) is 0.730. The minimum atomic E-state index is -4.37. The number of hydrogen-bond acceptors (Lipinski definition) is 1. The van der Waals surface area contributed by atoms with Crippen molar-refractivity contribution in [3.8, 4) is 11.1 Å². The maximum Gasteiger partial charge on any atom is 0.416 e. The lowest BCUT2D eigenvalue weighted by Gasteiger charge is -2.09. The zero-order valence-electron chi connectivity index (χ0n) is 10.2. The van der Waals surface area contributed by atoms with Gasteiger partial charge in [-0.05, 0) is 47.9 Å². The minimum absolute atomic E-state index is 0.446. The summed E-state index contributed by atoms with van der Waals surface area (Å²) in [4.78, 5) is 10.8. The first-order chi connectivity index (χ1) is 8.90. The van der Waals surface area contributed by atoms with Gasteiger partial charge < -0.3 is 0 Å².